The SMILES string of the molecule is CCN=C1CCCO1. The Balaban J connectivity index is 2.33. The Kier molecular flexibility index (Phi) is 1.89. The minimum Gasteiger partial charge on any atom is -0.481 e. The van der Waals surface area contributed by atoms with Crippen molar-refractivity contribution in [2.24, 2.45) is 4.99 Å². The van der Waals surface area contributed by atoms with E-state index >= 15 is 0 Å². The van der Waals surface area contributed by atoms with Crippen molar-refractivity contribution in [2.75, 3.05) is 13.2 Å². The third kappa shape index (κ3) is 1.22. The van der Waals surface area contributed by atoms with E-state index in [4.69, 9.17) is 4.74 Å². The van der Waals surface area contributed by atoms with Gasteiger partial charge >= 0.3 is 0 Å². The van der Waals surface area contributed by atoms with Gasteiger partial charge in [-0.3, -0.25) is 4.99 Å². The summed E-state index contributed by atoms with van der Waals surface area (Å²) in [4.78, 5) is 4.12. The molecule has 8 heavy (non-hydrogen) atoms. The summed E-state index contributed by atoms with van der Waals surface area (Å²) in [6.45, 7) is 3.75. The highest BCUT2D eigenvalue weighted by molar-refractivity contribution is 5.77. The summed E-state index contributed by atoms with van der Waals surface area (Å²) in [7, 11) is 0. The van der Waals surface area contributed by atoms with Crippen molar-refractivity contribution in [1.82, 2.24) is 0 Å². The number of hydrogen-bond donors (Lipinski definition) is 0. The topological polar surface area (TPSA) is 21.6 Å². The first-order chi connectivity index (χ1) is 3.93. The lowest BCUT2D eigenvalue weighted by molar-refractivity contribution is 0.342. The van der Waals surface area contributed by atoms with E-state index in [1.807, 2.05) is 6.92 Å². The summed E-state index contributed by atoms with van der Waals surface area (Å²) >= 11 is 0. The van der Waals surface area contributed by atoms with Gasteiger partial charge in [0.2, 0.25) is 0 Å². The van der Waals surface area contributed by atoms with Gasteiger partial charge < -0.3 is 4.74 Å². The third-order valence-electron chi connectivity index (χ3n) is 1.14. The molecule has 0 aromatic carbocycles. The average molecular weight is 113 g/mol. The van der Waals surface area contributed by atoms with Gasteiger partial charge in [0.05, 0.1) is 6.61 Å². The van der Waals surface area contributed by atoms with Gasteiger partial charge in [0.15, 0.2) is 5.90 Å². The van der Waals surface area contributed by atoms with Crippen LogP contribution in [0, 0.1) is 0 Å². The molecule has 1 saturated heterocycles. The van der Waals surface area contributed by atoms with E-state index in [0.29, 0.717) is 0 Å². The molecule has 0 N–H and O–H groups in total. The first-order valence-corrected chi connectivity index (χ1v) is 3.09. The van der Waals surface area contributed by atoms with Crippen LogP contribution in [-0.2, 0) is 4.74 Å². The lowest BCUT2D eigenvalue weighted by Gasteiger charge is -1.92. The Hall–Kier alpha value is -0.530. The zero-order valence-electron chi connectivity index (χ0n) is 5.18. The Bertz CT molecular complexity index is 90.7. The quantitative estimate of drug-likeness (QED) is 0.501. The summed E-state index contributed by atoms with van der Waals surface area (Å²) in [5.74, 6) is 0.951. The molecule has 0 radical (unpaired) electrons. The smallest absolute Gasteiger partial charge is 0.183 e. The van der Waals surface area contributed by atoms with Crippen LogP contribution in [0.3, 0.4) is 0 Å². The second-order valence-electron chi connectivity index (χ2n) is 1.82. The highest BCUT2D eigenvalue weighted by Gasteiger charge is 2.06. The van der Waals surface area contributed by atoms with Gasteiger partial charge in [-0.15, -0.1) is 0 Å². The fraction of sp³-hybridized carbons (Fsp3) is 0.833. The lowest BCUT2D eigenvalue weighted by Crippen LogP contribution is -1.93. The zero-order chi connectivity index (χ0) is 5.82. The van der Waals surface area contributed by atoms with Crippen molar-refractivity contribution in [2.45, 2.75) is 19.8 Å². The minimum absolute atomic E-state index is 0.856. The number of ether oxygens (including phenoxy) is 1. The van der Waals surface area contributed by atoms with E-state index in [0.717, 1.165) is 31.9 Å². The van der Waals surface area contributed by atoms with Crippen molar-refractivity contribution in [1.29, 1.82) is 0 Å². The van der Waals surface area contributed by atoms with Gasteiger partial charge in [0, 0.05) is 13.0 Å². The molecule has 0 unspecified atom stereocenters. The van der Waals surface area contributed by atoms with Crippen LogP contribution in [0.15, 0.2) is 4.99 Å². The summed E-state index contributed by atoms with van der Waals surface area (Å²) < 4.78 is 5.14. The minimum atomic E-state index is 0.856. The van der Waals surface area contributed by atoms with Crippen molar-refractivity contribution in [3.8, 4) is 0 Å². The Labute approximate surface area is 49.6 Å². The standard InChI is InChI=1S/C6H11NO/c1-2-7-6-4-3-5-8-6/h2-5H2,1H3. The molecule has 46 valence electrons. The monoisotopic (exact) mass is 113 g/mol. The van der Waals surface area contributed by atoms with E-state index in [1.165, 1.54) is 0 Å². The fourth-order valence-electron chi connectivity index (χ4n) is 0.787. The molecule has 1 fully saturated rings. The van der Waals surface area contributed by atoms with Crippen molar-refractivity contribution in [3.05, 3.63) is 0 Å². The summed E-state index contributed by atoms with van der Waals surface area (Å²) in [6, 6.07) is 0. The molecule has 0 bridgehead atoms. The predicted octanol–water partition coefficient (Wildman–Crippen LogP) is 1.22. The maximum Gasteiger partial charge on any atom is 0.183 e. The second kappa shape index (κ2) is 2.70. The highest BCUT2D eigenvalue weighted by Crippen LogP contribution is 2.04. The third-order valence-corrected chi connectivity index (χ3v) is 1.14. The van der Waals surface area contributed by atoms with Crippen LogP contribution in [-0.4, -0.2) is 19.0 Å². The number of aliphatic imine (C=N–C) groups is 1. The molecule has 1 rings (SSSR count). The molecular weight excluding hydrogens is 102 g/mol. The lowest BCUT2D eigenvalue weighted by atomic mass is 10.4. The van der Waals surface area contributed by atoms with E-state index in [-0.39, 0.29) is 0 Å². The van der Waals surface area contributed by atoms with Gasteiger partial charge in [0.25, 0.3) is 0 Å². The number of nitrogens with zero attached hydrogens (tertiary/aromatic N) is 1. The summed E-state index contributed by atoms with van der Waals surface area (Å²) in [5, 5.41) is 0. The van der Waals surface area contributed by atoms with Gasteiger partial charge in [-0.25, -0.2) is 0 Å². The van der Waals surface area contributed by atoms with Gasteiger partial charge in [-0.1, -0.05) is 0 Å². The Morgan fingerprint density at radius 3 is 3.12 bits per heavy atom. The van der Waals surface area contributed by atoms with Crippen LogP contribution >= 0.6 is 0 Å². The predicted molar refractivity (Wildman–Crippen MR) is 33.2 cm³/mol. The van der Waals surface area contributed by atoms with Crippen LogP contribution < -0.4 is 0 Å². The van der Waals surface area contributed by atoms with E-state index < -0.39 is 0 Å². The molecule has 1 aliphatic rings. The molecule has 0 amide bonds. The first-order valence-electron chi connectivity index (χ1n) is 3.09. The zero-order valence-corrected chi connectivity index (χ0v) is 5.18. The van der Waals surface area contributed by atoms with Crippen molar-refractivity contribution in [3.63, 3.8) is 0 Å². The average Bonchev–Trinajstić information content (AvgIpc) is 2.19. The fourth-order valence-corrected chi connectivity index (χ4v) is 0.787. The number of rotatable bonds is 1. The maximum atomic E-state index is 5.14. The molecule has 0 saturated carbocycles. The molecule has 0 aromatic heterocycles. The largest absolute Gasteiger partial charge is 0.481 e. The number of hydrogen-bond acceptors (Lipinski definition) is 2. The van der Waals surface area contributed by atoms with Crippen LogP contribution in [0.2, 0.25) is 0 Å². The molecular formula is C6H11NO. The molecule has 0 spiro atoms. The molecule has 0 atom stereocenters. The molecule has 1 aliphatic heterocycles. The summed E-state index contributed by atoms with van der Waals surface area (Å²) in [5.41, 5.74) is 0. The first kappa shape index (κ1) is 5.60. The normalized spacial score (nSPS) is 23.9. The van der Waals surface area contributed by atoms with E-state index in [2.05, 4.69) is 4.99 Å². The highest BCUT2D eigenvalue weighted by atomic mass is 16.5. The van der Waals surface area contributed by atoms with Crippen LogP contribution in [0.5, 0.6) is 0 Å². The maximum absolute atomic E-state index is 5.14. The molecule has 2 nitrogen and oxygen atoms in total. The molecule has 0 aliphatic carbocycles. The Morgan fingerprint density at radius 2 is 2.62 bits per heavy atom. The van der Waals surface area contributed by atoms with Gasteiger partial charge in [-0.05, 0) is 13.3 Å². The van der Waals surface area contributed by atoms with Gasteiger partial charge in [0.1, 0.15) is 0 Å². The van der Waals surface area contributed by atoms with Crippen LogP contribution in [0.4, 0.5) is 0 Å². The second-order valence-corrected chi connectivity index (χ2v) is 1.82. The van der Waals surface area contributed by atoms with Crippen LogP contribution in [0.25, 0.3) is 0 Å². The van der Waals surface area contributed by atoms with Crippen molar-refractivity contribution >= 4 is 5.90 Å². The molecule has 1 heterocycles. The van der Waals surface area contributed by atoms with Gasteiger partial charge in [-0.2, -0.15) is 0 Å². The van der Waals surface area contributed by atoms with Crippen LogP contribution in [0.1, 0.15) is 19.8 Å². The molecule has 2 heteroatoms. The van der Waals surface area contributed by atoms with Crippen molar-refractivity contribution < 1.29 is 4.74 Å². The van der Waals surface area contributed by atoms with E-state index in [1.54, 1.807) is 0 Å². The Morgan fingerprint density at radius 1 is 1.75 bits per heavy atom. The van der Waals surface area contributed by atoms with E-state index in [9.17, 15) is 0 Å². The molecule has 0 aromatic rings. The summed E-state index contributed by atoms with van der Waals surface area (Å²) in [6.07, 6.45) is 2.20.